The number of nitriles is 1. The molecule has 0 fully saturated rings. The molecule has 0 unspecified atom stereocenters. The van der Waals surface area contributed by atoms with Crippen LogP contribution in [0.5, 0.6) is 11.5 Å². The highest BCUT2D eigenvalue weighted by molar-refractivity contribution is 9.10. The predicted molar refractivity (Wildman–Crippen MR) is 126 cm³/mol. The Balaban J connectivity index is 1.64. The van der Waals surface area contributed by atoms with Gasteiger partial charge in [0.05, 0.1) is 23.7 Å². The molecule has 0 amide bonds. The van der Waals surface area contributed by atoms with Gasteiger partial charge >= 0.3 is 0 Å². The average Bonchev–Trinajstić information content (AvgIpc) is 3.20. The van der Waals surface area contributed by atoms with Crippen LogP contribution in [0.3, 0.4) is 0 Å². The Morgan fingerprint density at radius 2 is 2.03 bits per heavy atom. The predicted octanol–water partition coefficient (Wildman–Crippen LogP) is 6.42. The normalized spacial score (nSPS) is 11.4. The highest BCUT2D eigenvalue weighted by atomic mass is 79.9. The SMILES string of the molecule is COc1cc(C=C(C#N)c2nc3ccc(C)cc3[nH]2)c(Br)cc1OCc1cccc(F)c1. The average molecular weight is 492 g/mol. The lowest BCUT2D eigenvalue weighted by atomic mass is 10.1. The van der Waals surface area contributed by atoms with Gasteiger partial charge in [0.2, 0.25) is 0 Å². The molecule has 0 aliphatic carbocycles. The van der Waals surface area contributed by atoms with Crippen LogP contribution in [-0.2, 0) is 6.61 Å². The number of H-pyrrole nitrogens is 1. The molecule has 0 saturated carbocycles. The standard InChI is InChI=1S/C25H19BrFN3O2/c1-15-6-7-21-22(8-15)30-25(29-21)18(13-28)10-17-11-23(31-2)24(12-20(17)26)32-14-16-4-3-5-19(27)9-16/h3-12H,14H2,1-2H3,(H,29,30). The summed E-state index contributed by atoms with van der Waals surface area (Å²) in [6, 6.07) is 17.9. The quantitative estimate of drug-likeness (QED) is 0.315. The molecule has 7 heteroatoms. The maximum absolute atomic E-state index is 13.4. The molecule has 3 aromatic carbocycles. The van der Waals surface area contributed by atoms with Gasteiger partial charge < -0.3 is 14.5 Å². The Hall–Kier alpha value is -3.63. The van der Waals surface area contributed by atoms with Gasteiger partial charge in [-0.05, 0) is 66.1 Å². The van der Waals surface area contributed by atoms with Crippen molar-refractivity contribution in [3.63, 3.8) is 0 Å². The fraction of sp³-hybridized carbons (Fsp3) is 0.120. The van der Waals surface area contributed by atoms with Crippen LogP contribution in [0.4, 0.5) is 4.39 Å². The second kappa shape index (κ2) is 9.25. The first-order valence-electron chi connectivity index (χ1n) is 9.80. The number of aryl methyl sites for hydroxylation is 1. The summed E-state index contributed by atoms with van der Waals surface area (Å²) in [5.74, 6) is 1.17. The van der Waals surface area contributed by atoms with E-state index < -0.39 is 0 Å². The zero-order valence-corrected chi connectivity index (χ0v) is 19.0. The highest BCUT2D eigenvalue weighted by Crippen LogP contribution is 2.36. The van der Waals surface area contributed by atoms with Crippen molar-refractivity contribution in [1.29, 1.82) is 5.26 Å². The number of halogens is 2. The van der Waals surface area contributed by atoms with E-state index in [1.165, 1.54) is 12.1 Å². The second-order valence-electron chi connectivity index (χ2n) is 7.22. The number of hydrogen-bond donors (Lipinski definition) is 1. The highest BCUT2D eigenvalue weighted by Gasteiger charge is 2.13. The summed E-state index contributed by atoms with van der Waals surface area (Å²) >= 11 is 3.54. The lowest BCUT2D eigenvalue weighted by molar-refractivity contribution is 0.284. The summed E-state index contributed by atoms with van der Waals surface area (Å²) in [7, 11) is 1.54. The van der Waals surface area contributed by atoms with Crippen molar-refractivity contribution in [3.05, 3.63) is 87.4 Å². The Labute approximate surface area is 193 Å². The number of aromatic amines is 1. The molecule has 0 spiro atoms. The number of imidazole rings is 1. The topological polar surface area (TPSA) is 70.9 Å². The number of nitrogens with zero attached hydrogens (tertiary/aromatic N) is 2. The molecule has 0 saturated heterocycles. The van der Waals surface area contributed by atoms with E-state index in [0.29, 0.717) is 32.9 Å². The van der Waals surface area contributed by atoms with E-state index in [9.17, 15) is 9.65 Å². The van der Waals surface area contributed by atoms with Crippen molar-refractivity contribution in [2.75, 3.05) is 7.11 Å². The van der Waals surface area contributed by atoms with Crippen molar-refractivity contribution in [2.24, 2.45) is 0 Å². The number of nitrogens with one attached hydrogen (secondary N) is 1. The van der Waals surface area contributed by atoms with Gasteiger partial charge in [-0.1, -0.05) is 34.1 Å². The van der Waals surface area contributed by atoms with E-state index in [1.54, 1.807) is 37.5 Å². The summed E-state index contributed by atoms with van der Waals surface area (Å²) in [6.45, 7) is 2.19. The number of benzene rings is 3. The number of aromatic nitrogens is 2. The van der Waals surface area contributed by atoms with Crippen molar-refractivity contribution in [2.45, 2.75) is 13.5 Å². The largest absolute Gasteiger partial charge is 0.493 e. The number of rotatable bonds is 6. The molecule has 1 N–H and O–H groups in total. The van der Waals surface area contributed by atoms with Crippen LogP contribution in [0.15, 0.2) is 59.1 Å². The maximum atomic E-state index is 13.4. The molecule has 32 heavy (non-hydrogen) atoms. The first-order chi connectivity index (χ1) is 15.5. The third kappa shape index (κ3) is 4.66. The summed E-state index contributed by atoms with van der Waals surface area (Å²) in [5, 5.41) is 9.75. The monoisotopic (exact) mass is 491 g/mol. The molecule has 4 rings (SSSR count). The molecule has 0 radical (unpaired) electrons. The lowest BCUT2D eigenvalue weighted by Gasteiger charge is -2.13. The molecule has 0 aliphatic heterocycles. The van der Waals surface area contributed by atoms with E-state index in [4.69, 9.17) is 9.47 Å². The molecule has 5 nitrogen and oxygen atoms in total. The van der Waals surface area contributed by atoms with Crippen molar-refractivity contribution < 1.29 is 13.9 Å². The van der Waals surface area contributed by atoms with E-state index in [-0.39, 0.29) is 12.4 Å². The van der Waals surface area contributed by atoms with Crippen LogP contribution < -0.4 is 9.47 Å². The van der Waals surface area contributed by atoms with E-state index in [0.717, 1.165) is 22.2 Å². The molecular formula is C25H19BrFN3O2. The first-order valence-corrected chi connectivity index (χ1v) is 10.6. The molecule has 0 atom stereocenters. The molecular weight excluding hydrogens is 473 g/mol. The van der Waals surface area contributed by atoms with Gasteiger partial charge in [0.15, 0.2) is 11.5 Å². The third-order valence-electron chi connectivity index (χ3n) is 4.88. The van der Waals surface area contributed by atoms with Crippen LogP contribution in [0.1, 0.15) is 22.5 Å². The first kappa shape index (κ1) is 21.6. The minimum absolute atomic E-state index is 0.192. The molecule has 0 aliphatic rings. The van der Waals surface area contributed by atoms with Crippen LogP contribution in [-0.4, -0.2) is 17.1 Å². The smallest absolute Gasteiger partial charge is 0.162 e. The van der Waals surface area contributed by atoms with Crippen LogP contribution in [0, 0.1) is 24.1 Å². The van der Waals surface area contributed by atoms with Gasteiger partial charge in [-0.25, -0.2) is 9.37 Å². The van der Waals surface area contributed by atoms with Gasteiger partial charge in [0.25, 0.3) is 0 Å². The Bertz CT molecular complexity index is 1370. The number of ether oxygens (including phenoxy) is 2. The maximum Gasteiger partial charge on any atom is 0.162 e. The minimum atomic E-state index is -0.315. The Kier molecular flexibility index (Phi) is 6.24. The van der Waals surface area contributed by atoms with Gasteiger partial charge in [0, 0.05) is 4.47 Å². The van der Waals surface area contributed by atoms with Crippen molar-refractivity contribution >= 4 is 38.6 Å². The summed E-state index contributed by atoms with van der Waals surface area (Å²) in [6.07, 6.45) is 1.73. The molecule has 1 heterocycles. The number of allylic oxidation sites excluding steroid dienone is 1. The van der Waals surface area contributed by atoms with Crippen molar-refractivity contribution in [3.8, 4) is 17.6 Å². The minimum Gasteiger partial charge on any atom is -0.493 e. The number of hydrogen-bond acceptors (Lipinski definition) is 4. The third-order valence-corrected chi connectivity index (χ3v) is 5.57. The number of methoxy groups -OCH3 is 1. The fourth-order valence-electron chi connectivity index (χ4n) is 3.28. The summed E-state index contributed by atoms with van der Waals surface area (Å²) in [4.78, 5) is 7.74. The van der Waals surface area contributed by atoms with Gasteiger partial charge in [0.1, 0.15) is 24.3 Å². The number of fused-ring (bicyclic) bond motifs is 1. The molecule has 1 aromatic heterocycles. The fourth-order valence-corrected chi connectivity index (χ4v) is 3.72. The lowest BCUT2D eigenvalue weighted by Crippen LogP contribution is -1.99. The second-order valence-corrected chi connectivity index (χ2v) is 8.07. The van der Waals surface area contributed by atoms with Crippen LogP contribution in [0.2, 0.25) is 0 Å². The zero-order valence-electron chi connectivity index (χ0n) is 17.4. The van der Waals surface area contributed by atoms with E-state index >= 15 is 0 Å². The van der Waals surface area contributed by atoms with Gasteiger partial charge in [-0.15, -0.1) is 0 Å². The Morgan fingerprint density at radius 3 is 2.78 bits per heavy atom. The summed E-state index contributed by atoms with van der Waals surface area (Å²) < 4.78 is 25.5. The van der Waals surface area contributed by atoms with Crippen molar-refractivity contribution in [1.82, 2.24) is 9.97 Å². The molecule has 160 valence electrons. The Morgan fingerprint density at radius 1 is 1.19 bits per heavy atom. The molecule has 0 bridgehead atoms. The van der Waals surface area contributed by atoms with Crippen LogP contribution >= 0.6 is 15.9 Å². The van der Waals surface area contributed by atoms with Crippen LogP contribution in [0.25, 0.3) is 22.7 Å². The van der Waals surface area contributed by atoms with E-state index in [2.05, 4.69) is 32.0 Å². The van der Waals surface area contributed by atoms with Gasteiger partial charge in [-0.2, -0.15) is 5.26 Å². The summed E-state index contributed by atoms with van der Waals surface area (Å²) in [5.41, 5.74) is 4.60. The van der Waals surface area contributed by atoms with Gasteiger partial charge in [-0.3, -0.25) is 0 Å². The zero-order chi connectivity index (χ0) is 22.7. The van der Waals surface area contributed by atoms with E-state index in [1.807, 2.05) is 25.1 Å². The molecule has 4 aromatic rings.